The molecule has 25 heavy (non-hydrogen) atoms. The molecule has 0 aliphatic rings. The van der Waals surface area contributed by atoms with Crippen LogP contribution < -0.4 is 4.74 Å². The maximum absolute atomic E-state index is 6.03. The molecule has 1 heteroatoms. The lowest BCUT2D eigenvalue weighted by Gasteiger charge is -2.09. The molecule has 0 bridgehead atoms. The van der Waals surface area contributed by atoms with E-state index in [0.717, 1.165) is 17.1 Å². The third-order valence-corrected chi connectivity index (χ3v) is 4.14. The smallest absolute Gasteiger partial charge is 0.128 e. The molecule has 0 saturated carbocycles. The molecule has 0 N–H and O–H groups in total. The molecule has 0 saturated heterocycles. The summed E-state index contributed by atoms with van der Waals surface area (Å²) >= 11 is 0. The Balaban J connectivity index is 1.55. The standard InChI is InChI=1S/C24H18O/c1-3-8-19(9-4-1)21-14-16-23(17-15-21)25-24-13-7-12-22(18-24)20-10-5-2-6-11-20/h1-18H. The Bertz CT molecular complexity index is 942. The Morgan fingerprint density at radius 3 is 1.52 bits per heavy atom. The molecule has 0 heterocycles. The van der Waals surface area contributed by atoms with Crippen molar-refractivity contribution in [3.8, 4) is 33.8 Å². The van der Waals surface area contributed by atoms with Crippen LogP contribution in [0.1, 0.15) is 0 Å². The highest BCUT2D eigenvalue weighted by atomic mass is 16.5. The minimum absolute atomic E-state index is 0.838. The predicted octanol–water partition coefficient (Wildman–Crippen LogP) is 6.81. The zero-order valence-electron chi connectivity index (χ0n) is 13.8. The van der Waals surface area contributed by atoms with Crippen molar-refractivity contribution in [2.75, 3.05) is 0 Å². The van der Waals surface area contributed by atoms with E-state index in [0.29, 0.717) is 0 Å². The fourth-order valence-corrected chi connectivity index (χ4v) is 2.85. The summed E-state index contributed by atoms with van der Waals surface area (Å²) < 4.78 is 6.03. The van der Waals surface area contributed by atoms with Gasteiger partial charge in [-0.15, -0.1) is 0 Å². The summed E-state index contributed by atoms with van der Waals surface area (Å²) in [7, 11) is 0. The largest absolute Gasteiger partial charge is 0.457 e. The van der Waals surface area contributed by atoms with Gasteiger partial charge < -0.3 is 4.74 Å². The van der Waals surface area contributed by atoms with Crippen LogP contribution in [0.3, 0.4) is 0 Å². The molecule has 0 aliphatic carbocycles. The van der Waals surface area contributed by atoms with Crippen molar-refractivity contribution in [2.45, 2.75) is 0 Å². The molecular formula is C24H18O. The van der Waals surface area contributed by atoms with Gasteiger partial charge in [-0.1, -0.05) is 84.9 Å². The van der Waals surface area contributed by atoms with Gasteiger partial charge in [0.15, 0.2) is 0 Å². The van der Waals surface area contributed by atoms with Crippen LogP contribution in [0.4, 0.5) is 0 Å². The molecule has 120 valence electrons. The number of ether oxygens (including phenoxy) is 1. The van der Waals surface area contributed by atoms with E-state index in [-0.39, 0.29) is 0 Å². The molecule has 4 rings (SSSR count). The fourth-order valence-electron chi connectivity index (χ4n) is 2.85. The Morgan fingerprint density at radius 2 is 0.880 bits per heavy atom. The van der Waals surface area contributed by atoms with Gasteiger partial charge in [0.25, 0.3) is 0 Å². The summed E-state index contributed by atoms with van der Waals surface area (Å²) in [6, 6.07) is 37.1. The van der Waals surface area contributed by atoms with Crippen molar-refractivity contribution in [1.29, 1.82) is 0 Å². The van der Waals surface area contributed by atoms with E-state index in [2.05, 4.69) is 60.7 Å². The minimum atomic E-state index is 0.838. The lowest BCUT2D eigenvalue weighted by molar-refractivity contribution is 0.483. The second-order valence-electron chi connectivity index (χ2n) is 5.89. The number of benzene rings is 4. The van der Waals surface area contributed by atoms with Gasteiger partial charge in [0.1, 0.15) is 11.5 Å². The van der Waals surface area contributed by atoms with Gasteiger partial charge in [0.05, 0.1) is 0 Å². The van der Waals surface area contributed by atoms with Crippen LogP contribution in [-0.2, 0) is 0 Å². The number of rotatable bonds is 4. The molecule has 0 radical (unpaired) electrons. The van der Waals surface area contributed by atoms with Crippen molar-refractivity contribution in [2.24, 2.45) is 0 Å². The van der Waals surface area contributed by atoms with Gasteiger partial charge in [0, 0.05) is 0 Å². The predicted molar refractivity (Wildman–Crippen MR) is 104 cm³/mol. The summed E-state index contributed by atoms with van der Waals surface area (Å²) in [5.41, 5.74) is 4.73. The lowest BCUT2D eigenvalue weighted by Crippen LogP contribution is -1.86. The van der Waals surface area contributed by atoms with Crippen LogP contribution in [0, 0.1) is 0 Å². The zero-order valence-corrected chi connectivity index (χ0v) is 13.8. The average Bonchev–Trinajstić information content (AvgIpc) is 2.70. The van der Waals surface area contributed by atoms with Gasteiger partial charge in [-0.25, -0.2) is 0 Å². The Labute approximate surface area is 148 Å². The molecule has 0 atom stereocenters. The molecule has 0 aromatic heterocycles. The third kappa shape index (κ3) is 3.61. The quantitative estimate of drug-likeness (QED) is 0.401. The molecule has 4 aromatic carbocycles. The third-order valence-electron chi connectivity index (χ3n) is 4.14. The van der Waals surface area contributed by atoms with E-state index < -0.39 is 0 Å². The van der Waals surface area contributed by atoms with Gasteiger partial charge >= 0.3 is 0 Å². The van der Waals surface area contributed by atoms with Crippen molar-refractivity contribution in [3.63, 3.8) is 0 Å². The average molecular weight is 322 g/mol. The van der Waals surface area contributed by atoms with Crippen LogP contribution in [0.2, 0.25) is 0 Å². The van der Waals surface area contributed by atoms with Gasteiger partial charge in [0.2, 0.25) is 0 Å². The summed E-state index contributed by atoms with van der Waals surface area (Å²) in [6.07, 6.45) is 0. The topological polar surface area (TPSA) is 9.23 Å². The first-order chi connectivity index (χ1) is 12.4. The van der Waals surface area contributed by atoms with E-state index >= 15 is 0 Å². The molecule has 0 fully saturated rings. The highest BCUT2D eigenvalue weighted by molar-refractivity contribution is 5.66. The number of hydrogen-bond donors (Lipinski definition) is 0. The van der Waals surface area contributed by atoms with Crippen LogP contribution in [-0.4, -0.2) is 0 Å². The summed E-state index contributed by atoms with van der Waals surface area (Å²) in [5, 5.41) is 0. The van der Waals surface area contributed by atoms with Crippen molar-refractivity contribution in [3.05, 3.63) is 109 Å². The summed E-state index contributed by atoms with van der Waals surface area (Å²) in [4.78, 5) is 0. The Hall–Kier alpha value is -3.32. The molecular weight excluding hydrogens is 304 g/mol. The van der Waals surface area contributed by atoms with Gasteiger partial charge in [-0.05, 0) is 46.5 Å². The first-order valence-corrected chi connectivity index (χ1v) is 8.37. The molecule has 0 unspecified atom stereocenters. The van der Waals surface area contributed by atoms with E-state index in [1.165, 1.54) is 16.7 Å². The van der Waals surface area contributed by atoms with Gasteiger partial charge in [-0.2, -0.15) is 0 Å². The monoisotopic (exact) mass is 322 g/mol. The molecule has 1 nitrogen and oxygen atoms in total. The highest BCUT2D eigenvalue weighted by Crippen LogP contribution is 2.29. The summed E-state index contributed by atoms with van der Waals surface area (Å²) in [6.45, 7) is 0. The molecule has 0 aliphatic heterocycles. The molecule has 0 amide bonds. The van der Waals surface area contributed by atoms with E-state index in [1.807, 2.05) is 48.5 Å². The maximum atomic E-state index is 6.03. The Kier molecular flexibility index (Phi) is 4.30. The van der Waals surface area contributed by atoms with Crippen molar-refractivity contribution < 1.29 is 4.74 Å². The molecule has 0 spiro atoms. The van der Waals surface area contributed by atoms with Crippen LogP contribution >= 0.6 is 0 Å². The van der Waals surface area contributed by atoms with Crippen molar-refractivity contribution >= 4 is 0 Å². The Morgan fingerprint density at radius 1 is 0.360 bits per heavy atom. The lowest BCUT2D eigenvalue weighted by atomic mass is 10.1. The highest BCUT2D eigenvalue weighted by Gasteiger charge is 2.02. The normalized spacial score (nSPS) is 10.4. The second kappa shape index (κ2) is 7.06. The summed E-state index contributed by atoms with van der Waals surface area (Å²) in [5.74, 6) is 1.68. The van der Waals surface area contributed by atoms with Crippen LogP contribution in [0.15, 0.2) is 109 Å². The first kappa shape index (κ1) is 15.2. The van der Waals surface area contributed by atoms with E-state index in [9.17, 15) is 0 Å². The van der Waals surface area contributed by atoms with Crippen LogP contribution in [0.25, 0.3) is 22.3 Å². The fraction of sp³-hybridized carbons (Fsp3) is 0. The second-order valence-corrected chi connectivity index (χ2v) is 5.89. The zero-order chi connectivity index (χ0) is 16.9. The molecule has 4 aromatic rings. The maximum Gasteiger partial charge on any atom is 0.128 e. The number of hydrogen-bond acceptors (Lipinski definition) is 1. The van der Waals surface area contributed by atoms with E-state index in [4.69, 9.17) is 4.74 Å². The SMILES string of the molecule is c1ccc(-c2ccc(Oc3cccc(-c4ccccc4)c3)cc2)cc1. The first-order valence-electron chi connectivity index (χ1n) is 8.37. The van der Waals surface area contributed by atoms with Crippen LogP contribution in [0.5, 0.6) is 11.5 Å². The van der Waals surface area contributed by atoms with E-state index in [1.54, 1.807) is 0 Å². The minimum Gasteiger partial charge on any atom is -0.457 e. The van der Waals surface area contributed by atoms with Crippen molar-refractivity contribution in [1.82, 2.24) is 0 Å². The van der Waals surface area contributed by atoms with Gasteiger partial charge in [-0.3, -0.25) is 0 Å².